The Balaban J connectivity index is 3.38. The number of nitrogens with zero attached hydrogens (tertiary/aromatic N) is 7. The Morgan fingerprint density at radius 3 is 1.59 bits per heavy atom. The highest BCUT2D eigenvalue weighted by Crippen LogP contribution is 2.34. The monoisotopic (exact) mass is 711 g/mol. The van der Waals surface area contributed by atoms with Gasteiger partial charge in [-0.15, -0.1) is 0 Å². The quantitative estimate of drug-likeness (QED) is 0.249. The van der Waals surface area contributed by atoms with Crippen molar-refractivity contribution in [2.45, 2.75) is 45.0 Å². The van der Waals surface area contributed by atoms with E-state index in [4.69, 9.17) is 0 Å². The second kappa shape index (κ2) is 14.1. The first kappa shape index (κ1) is 39.3. The number of halogens is 14. The lowest BCUT2D eigenvalue weighted by Gasteiger charge is -2.13. The highest BCUT2D eigenvalue weighted by molar-refractivity contribution is 6.02. The van der Waals surface area contributed by atoms with Crippen LogP contribution in [0.5, 0.6) is 0 Å². The number of hydrogen-bond acceptors (Lipinski definition) is 7. The van der Waals surface area contributed by atoms with Gasteiger partial charge in [0.05, 0.1) is 21.7 Å². The Bertz CT molecular complexity index is 2040. The number of nitriles is 4. The van der Waals surface area contributed by atoms with E-state index in [0.29, 0.717) is 6.08 Å². The Hall–Kier alpha value is -5.83. The van der Waals surface area contributed by atoms with Crippen molar-refractivity contribution < 1.29 is 61.5 Å². The fraction of sp³-hybridized carbons (Fsp3) is 0.250. The lowest BCUT2D eigenvalue weighted by Crippen LogP contribution is -2.31. The van der Waals surface area contributed by atoms with Crippen LogP contribution >= 0.6 is 0 Å². The van der Waals surface area contributed by atoms with Gasteiger partial charge in [-0.25, -0.2) is 23.7 Å². The minimum atomic E-state index is -5.68. The molecule has 0 N–H and O–H groups in total. The summed E-state index contributed by atoms with van der Waals surface area (Å²) in [7, 11) is 0. The van der Waals surface area contributed by atoms with Gasteiger partial charge in [-0.05, 0) is 25.5 Å². The van der Waals surface area contributed by atoms with Crippen LogP contribution in [-0.2, 0) is 12.4 Å². The van der Waals surface area contributed by atoms with Crippen LogP contribution in [0.2, 0.25) is 0 Å². The van der Waals surface area contributed by atoms with Crippen LogP contribution in [0.1, 0.15) is 48.6 Å². The maximum atomic E-state index is 16.0. The highest BCUT2D eigenvalue weighted by Gasteiger charge is 2.41. The van der Waals surface area contributed by atoms with Crippen LogP contribution in [0.25, 0.3) is 11.1 Å². The largest absolute Gasteiger partial charge is 0.433 e. The fourth-order valence-corrected chi connectivity index (χ4v) is 3.67. The Labute approximate surface area is 264 Å². The molecule has 1 aromatic carbocycles. The summed E-state index contributed by atoms with van der Waals surface area (Å²) in [6.45, 7) is 1.40. The highest BCUT2D eigenvalue weighted by atomic mass is 19.4. The first-order chi connectivity index (χ1) is 22.4. The second-order valence-corrected chi connectivity index (χ2v) is 9.10. The van der Waals surface area contributed by atoms with E-state index in [2.05, 4.69) is 15.0 Å². The Morgan fingerprint density at radius 1 is 0.755 bits per heavy atom. The maximum Gasteiger partial charge on any atom is 0.433 e. The smallest absolute Gasteiger partial charge is 0.243 e. The number of aliphatic imine (C=N–C) groups is 1. The first-order valence-electron chi connectivity index (χ1n) is 12.4. The molecule has 0 bridgehead atoms. The van der Waals surface area contributed by atoms with E-state index in [0.717, 1.165) is 24.3 Å². The molecule has 2 aromatic rings. The molecule has 1 aromatic heterocycles. The summed E-state index contributed by atoms with van der Waals surface area (Å²) in [6.07, 6.45) is -22.6. The molecule has 0 amide bonds. The summed E-state index contributed by atoms with van der Waals surface area (Å²) < 4.78 is 192. The summed E-state index contributed by atoms with van der Waals surface area (Å²) in [5.74, 6) is -6.35. The normalized spacial score (nSPS) is 14.7. The first-order valence-corrected chi connectivity index (χ1v) is 12.4. The van der Waals surface area contributed by atoms with Crippen LogP contribution in [0.15, 0.2) is 34.5 Å². The molecule has 0 aliphatic heterocycles. The number of allylic oxidation sites excluding steroid dienone is 4. The summed E-state index contributed by atoms with van der Waals surface area (Å²) >= 11 is 0. The van der Waals surface area contributed by atoms with E-state index in [1.165, 1.54) is 6.92 Å². The summed E-state index contributed by atoms with van der Waals surface area (Å²) in [6, 6.07) is 3.33. The van der Waals surface area contributed by atoms with E-state index >= 15 is 8.78 Å². The molecule has 0 aliphatic rings. The van der Waals surface area contributed by atoms with Gasteiger partial charge in [-0.3, -0.25) is 0 Å². The molecule has 0 saturated carbocycles. The maximum absolute atomic E-state index is 16.0. The molecule has 0 spiro atoms. The van der Waals surface area contributed by atoms with Gasteiger partial charge < -0.3 is 0 Å². The van der Waals surface area contributed by atoms with E-state index in [1.807, 2.05) is 0 Å². The van der Waals surface area contributed by atoms with Crippen molar-refractivity contribution in [3.8, 4) is 24.3 Å². The van der Waals surface area contributed by atoms with Gasteiger partial charge in [0.25, 0.3) is 0 Å². The summed E-state index contributed by atoms with van der Waals surface area (Å²) in [4.78, 5) is 8.44. The standard InChI is InChI=1S/C28H11F14N7/c1-3-4-16(47-17(26(34,35)36)5-11(2)25(31,32)33)12(7-43)20-13(8-44)23(30)21(14(9-45)22(20)29)15(10-46)24-48-18(27(37,38)39)6-19(49-24)28(40,41)42/h4-6H,3H2,1-2H3/b11-5+,16-4+,20-12+,21-15+,47-17-. The zero-order valence-electron chi connectivity index (χ0n) is 23.9. The molecule has 1 heterocycles. The molecule has 0 radical (unpaired) electrons. The topological polar surface area (TPSA) is 133 Å². The summed E-state index contributed by atoms with van der Waals surface area (Å²) in [5.41, 5.74) is -16.9. The molecule has 0 unspecified atom stereocenters. The molecule has 7 nitrogen and oxygen atoms in total. The van der Waals surface area contributed by atoms with Crippen LogP contribution < -0.4 is 10.4 Å². The lowest BCUT2D eigenvalue weighted by atomic mass is 9.97. The van der Waals surface area contributed by atoms with Gasteiger partial charge in [0, 0.05) is 5.57 Å². The average Bonchev–Trinajstić information content (AvgIpc) is 2.97. The predicted octanol–water partition coefficient (Wildman–Crippen LogP) is 6.74. The van der Waals surface area contributed by atoms with Crippen LogP contribution in [0.3, 0.4) is 0 Å². The van der Waals surface area contributed by atoms with Crippen LogP contribution in [0.4, 0.5) is 61.5 Å². The lowest BCUT2D eigenvalue weighted by molar-refractivity contribution is -0.147. The SMILES string of the molecule is CC/C=C(/N=C(/C=C(\C)C(F)(F)F)C(F)(F)F)C(\C#N)=c1\c(F)c(C#N)/c(=C(/C#N)c2nc(C(F)(F)F)cc(C(F)(F)F)n2)c(F)c1C#N. The molecule has 0 fully saturated rings. The number of benzene rings is 1. The third kappa shape index (κ3) is 8.56. The molecule has 21 heteroatoms. The predicted molar refractivity (Wildman–Crippen MR) is 136 cm³/mol. The van der Waals surface area contributed by atoms with E-state index in [9.17, 15) is 73.7 Å². The van der Waals surface area contributed by atoms with Crippen molar-refractivity contribution in [3.05, 3.63) is 79.9 Å². The molecule has 0 saturated heterocycles. The van der Waals surface area contributed by atoms with Crippen molar-refractivity contribution in [2.24, 2.45) is 4.99 Å². The average molecular weight is 711 g/mol. The number of hydrogen-bond donors (Lipinski definition) is 0. The van der Waals surface area contributed by atoms with E-state index < -0.39 is 122 Å². The van der Waals surface area contributed by atoms with Gasteiger partial charge in [0.2, 0.25) is 0 Å². The van der Waals surface area contributed by atoms with Gasteiger partial charge >= 0.3 is 24.7 Å². The van der Waals surface area contributed by atoms with Crippen molar-refractivity contribution in [1.29, 1.82) is 21.0 Å². The molecular formula is C28H11F14N7. The Kier molecular flexibility index (Phi) is 11.3. The van der Waals surface area contributed by atoms with Crippen molar-refractivity contribution in [1.82, 2.24) is 9.97 Å². The third-order valence-electron chi connectivity index (χ3n) is 5.84. The van der Waals surface area contributed by atoms with Crippen LogP contribution in [0, 0.1) is 57.0 Å². The number of rotatable bonds is 5. The van der Waals surface area contributed by atoms with Crippen LogP contribution in [-0.4, -0.2) is 28.0 Å². The molecule has 0 atom stereocenters. The Morgan fingerprint density at radius 2 is 1.22 bits per heavy atom. The van der Waals surface area contributed by atoms with Gasteiger partial charge in [-0.1, -0.05) is 13.0 Å². The van der Waals surface area contributed by atoms with E-state index in [-0.39, 0.29) is 6.92 Å². The van der Waals surface area contributed by atoms with Crippen molar-refractivity contribution in [2.75, 3.05) is 0 Å². The molecular weight excluding hydrogens is 700 g/mol. The minimum absolute atomic E-state index is 0.217. The minimum Gasteiger partial charge on any atom is -0.243 e. The molecule has 2 rings (SSSR count). The zero-order chi connectivity index (χ0) is 37.9. The number of aromatic nitrogens is 2. The molecule has 49 heavy (non-hydrogen) atoms. The van der Waals surface area contributed by atoms with Crippen molar-refractivity contribution in [3.63, 3.8) is 0 Å². The van der Waals surface area contributed by atoms with Gasteiger partial charge in [0.15, 0.2) is 17.5 Å². The van der Waals surface area contributed by atoms with E-state index in [1.54, 1.807) is 0 Å². The fourth-order valence-electron chi connectivity index (χ4n) is 3.67. The number of alkyl halides is 12. The zero-order valence-corrected chi connectivity index (χ0v) is 23.9. The van der Waals surface area contributed by atoms with Crippen molar-refractivity contribution >= 4 is 16.9 Å². The second-order valence-electron chi connectivity index (χ2n) is 9.10. The molecule has 256 valence electrons. The molecule has 0 aliphatic carbocycles. The van der Waals surface area contributed by atoms with Gasteiger partial charge in [0.1, 0.15) is 58.1 Å². The summed E-state index contributed by atoms with van der Waals surface area (Å²) in [5, 5.41) is 35.3. The van der Waals surface area contributed by atoms with Gasteiger partial charge in [-0.2, -0.15) is 73.7 Å². The third-order valence-corrected chi connectivity index (χ3v) is 5.84.